The van der Waals surface area contributed by atoms with Gasteiger partial charge in [0.1, 0.15) is 28.2 Å². The smallest absolute Gasteiger partial charge is 0.192 e. The van der Waals surface area contributed by atoms with E-state index in [1.807, 2.05) is 53.1 Å². The van der Waals surface area contributed by atoms with Gasteiger partial charge in [0.15, 0.2) is 11.0 Å². The quantitative estimate of drug-likeness (QED) is 0.195. The molecule has 1 aliphatic rings. The highest BCUT2D eigenvalue weighted by molar-refractivity contribution is 7.99. The zero-order valence-corrected chi connectivity index (χ0v) is 20.7. The number of nitriles is 1. The first-order valence-corrected chi connectivity index (χ1v) is 13.0. The number of nitrogens with zero attached hydrogens (tertiary/aromatic N) is 5. The molecule has 0 amide bonds. The molecule has 0 bridgehead atoms. The van der Waals surface area contributed by atoms with Crippen LogP contribution >= 0.6 is 23.1 Å². The molecule has 0 unspecified atom stereocenters. The molecular formula is C25H23N5O3S2. The van der Waals surface area contributed by atoms with E-state index in [0.29, 0.717) is 16.7 Å². The number of aliphatic hydroxyl groups excluding tert-OH is 1. The minimum atomic E-state index is -0.0331. The highest BCUT2D eigenvalue weighted by Gasteiger charge is 2.23. The van der Waals surface area contributed by atoms with Gasteiger partial charge in [-0.1, -0.05) is 23.9 Å². The van der Waals surface area contributed by atoms with Crippen molar-refractivity contribution < 1.29 is 14.6 Å². The fourth-order valence-corrected chi connectivity index (χ4v) is 5.73. The maximum atomic E-state index is 10.8. The van der Waals surface area contributed by atoms with Crippen LogP contribution in [0.1, 0.15) is 17.8 Å². The lowest BCUT2D eigenvalue weighted by molar-refractivity contribution is 0.0953. The van der Waals surface area contributed by atoms with Crippen molar-refractivity contribution in [1.82, 2.24) is 19.7 Å². The van der Waals surface area contributed by atoms with Gasteiger partial charge in [0.2, 0.25) is 0 Å². The summed E-state index contributed by atoms with van der Waals surface area (Å²) in [6, 6.07) is 17.5. The largest absolute Gasteiger partial charge is 0.510 e. The van der Waals surface area contributed by atoms with Gasteiger partial charge >= 0.3 is 0 Å². The number of rotatable bonds is 8. The Morgan fingerprint density at radius 2 is 2.09 bits per heavy atom. The molecule has 0 aliphatic carbocycles. The van der Waals surface area contributed by atoms with E-state index in [1.165, 1.54) is 23.1 Å². The number of hydrogen-bond acceptors (Lipinski definition) is 9. The van der Waals surface area contributed by atoms with E-state index in [0.717, 1.165) is 46.8 Å². The molecule has 1 aliphatic heterocycles. The fourth-order valence-electron chi connectivity index (χ4n) is 3.93. The Hall–Kier alpha value is -3.39. The predicted octanol–water partition coefficient (Wildman–Crippen LogP) is 5.33. The summed E-state index contributed by atoms with van der Waals surface area (Å²) < 4.78 is 14.1. The normalized spacial score (nSPS) is 16.3. The third-order valence-corrected chi connectivity index (χ3v) is 7.75. The molecule has 2 aromatic heterocycles. The zero-order chi connectivity index (χ0) is 24.2. The second-order valence-electron chi connectivity index (χ2n) is 7.99. The van der Waals surface area contributed by atoms with Crippen molar-refractivity contribution >= 4 is 38.9 Å². The highest BCUT2D eigenvalue weighted by Crippen LogP contribution is 2.31. The number of para-hydroxylation sites is 1. The first-order valence-electron chi connectivity index (χ1n) is 11.2. The number of benzene rings is 2. The van der Waals surface area contributed by atoms with E-state index >= 15 is 0 Å². The molecule has 2 aromatic carbocycles. The topological polar surface area (TPSA) is 106 Å². The van der Waals surface area contributed by atoms with E-state index in [-0.39, 0.29) is 23.2 Å². The van der Waals surface area contributed by atoms with E-state index in [1.54, 1.807) is 7.11 Å². The number of fused-ring (bicyclic) bond motifs is 1. The van der Waals surface area contributed by atoms with E-state index < -0.39 is 0 Å². The number of aromatic nitrogens is 4. The SMILES string of the molecule is COc1ccc(-c2nnc(SCC(O)=C(C#N)c3nc4ccccc4s3)n2C[C@@H]2CCCO2)cc1. The fraction of sp³-hybridized carbons (Fsp3) is 0.280. The van der Waals surface area contributed by atoms with Crippen molar-refractivity contribution in [2.45, 2.75) is 30.6 Å². The van der Waals surface area contributed by atoms with Crippen LogP contribution in [-0.4, -0.2) is 50.4 Å². The summed E-state index contributed by atoms with van der Waals surface area (Å²) in [5, 5.41) is 30.6. The van der Waals surface area contributed by atoms with Crippen molar-refractivity contribution in [3.63, 3.8) is 0 Å². The van der Waals surface area contributed by atoms with Gasteiger partial charge in [0.25, 0.3) is 0 Å². The minimum Gasteiger partial charge on any atom is -0.510 e. The molecular weight excluding hydrogens is 482 g/mol. The highest BCUT2D eigenvalue weighted by atomic mass is 32.2. The summed E-state index contributed by atoms with van der Waals surface area (Å²) in [5.74, 6) is 1.63. The summed E-state index contributed by atoms with van der Waals surface area (Å²) in [6.45, 7) is 1.37. The Labute approximate surface area is 210 Å². The summed E-state index contributed by atoms with van der Waals surface area (Å²) in [7, 11) is 1.63. The number of ether oxygens (including phenoxy) is 2. The Kier molecular flexibility index (Phi) is 6.99. The molecule has 5 rings (SSSR count). The standard InChI is InChI=1S/C25H23N5O3S2/c1-32-17-10-8-16(9-11-17)23-28-29-25(30(23)14-18-5-4-12-33-18)34-15-21(31)19(13-26)24-27-20-6-2-3-7-22(20)35-24/h2-3,6-11,18,31H,4-5,12,14-15H2,1H3/t18-/m0/s1. The zero-order valence-electron chi connectivity index (χ0n) is 19.0. The average Bonchev–Trinajstić information content (AvgIpc) is 3.64. The molecule has 0 spiro atoms. The van der Waals surface area contributed by atoms with Gasteiger partial charge in [-0.2, -0.15) is 5.26 Å². The monoisotopic (exact) mass is 505 g/mol. The second-order valence-corrected chi connectivity index (χ2v) is 9.96. The summed E-state index contributed by atoms with van der Waals surface area (Å²) in [5.41, 5.74) is 1.90. The summed E-state index contributed by atoms with van der Waals surface area (Å²) in [4.78, 5) is 4.51. The van der Waals surface area contributed by atoms with Crippen LogP contribution in [0.5, 0.6) is 5.75 Å². The lowest BCUT2D eigenvalue weighted by Crippen LogP contribution is -2.16. The Morgan fingerprint density at radius 1 is 1.26 bits per heavy atom. The van der Waals surface area contributed by atoms with Gasteiger partial charge in [-0.25, -0.2) is 4.98 Å². The van der Waals surface area contributed by atoms with Gasteiger partial charge < -0.3 is 14.6 Å². The van der Waals surface area contributed by atoms with Crippen LogP contribution in [0, 0.1) is 11.3 Å². The summed E-state index contributed by atoms with van der Waals surface area (Å²) in [6.07, 6.45) is 2.10. The number of allylic oxidation sites excluding steroid dienone is 1. The molecule has 1 saturated heterocycles. The van der Waals surface area contributed by atoms with Crippen LogP contribution in [0.3, 0.4) is 0 Å². The van der Waals surface area contributed by atoms with E-state index in [9.17, 15) is 10.4 Å². The summed E-state index contributed by atoms with van der Waals surface area (Å²) >= 11 is 2.72. The maximum Gasteiger partial charge on any atom is 0.192 e. The molecule has 4 aromatic rings. The van der Waals surface area contributed by atoms with Gasteiger partial charge in [0.05, 0.1) is 35.7 Å². The van der Waals surface area contributed by atoms with Crippen LogP contribution in [-0.2, 0) is 11.3 Å². The Bertz CT molecular complexity index is 1370. The number of thiazole rings is 1. The van der Waals surface area contributed by atoms with Crippen molar-refractivity contribution in [3.05, 3.63) is 59.3 Å². The van der Waals surface area contributed by atoms with Gasteiger partial charge in [-0.3, -0.25) is 4.57 Å². The van der Waals surface area contributed by atoms with E-state index in [2.05, 4.69) is 21.3 Å². The first kappa shape index (κ1) is 23.4. The van der Waals surface area contributed by atoms with Crippen LogP contribution in [0.4, 0.5) is 0 Å². The number of aliphatic hydroxyl groups is 1. The average molecular weight is 506 g/mol. The molecule has 178 valence electrons. The van der Waals surface area contributed by atoms with Crippen molar-refractivity contribution in [2.24, 2.45) is 0 Å². The molecule has 10 heteroatoms. The Morgan fingerprint density at radius 3 is 2.80 bits per heavy atom. The molecule has 1 atom stereocenters. The van der Waals surface area contributed by atoms with Crippen LogP contribution in [0.25, 0.3) is 27.2 Å². The van der Waals surface area contributed by atoms with Gasteiger partial charge in [0, 0.05) is 12.2 Å². The second kappa shape index (κ2) is 10.5. The molecule has 8 nitrogen and oxygen atoms in total. The third-order valence-electron chi connectivity index (χ3n) is 5.72. The van der Waals surface area contributed by atoms with Gasteiger partial charge in [-0.15, -0.1) is 21.5 Å². The first-order chi connectivity index (χ1) is 17.2. The minimum absolute atomic E-state index is 0.0331. The maximum absolute atomic E-state index is 10.8. The predicted molar refractivity (Wildman–Crippen MR) is 136 cm³/mol. The van der Waals surface area contributed by atoms with E-state index in [4.69, 9.17) is 9.47 Å². The van der Waals surface area contributed by atoms with Crippen molar-refractivity contribution in [3.8, 4) is 23.2 Å². The lowest BCUT2D eigenvalue weighted by Gasteiger charge is -2.15. The number of methoxy groups -OCH3 is 1. The molecule has 0 radical (unpaired) electrons. The molecule has 0 saturated carbocycles. The lowest BCUT2D eigenvalue weighted by atomic mass is 10.2. The van der Waals surface area contributed by atoms with Crippen LogP contribution in [0.15, 0.2) is 59.4 Å². The van der Waals surface area contributed by atoms with Crippen molar-refractivity contribution in [2.75, 3.05) is 19.5 Å². The van der Waals surface area contributed by atoms with Crippen LogP contribution in [0.2, 0.25) is 0 Å². The molecule has 35 heavy (non-hydrogen) atoms. The van der Waals surface area contributed by atoms with Crippen molar-refractivity contribution in [1.29, 1.82) is 5.26 Å². The number of thioether (sulfide) groups is 1. The Balaban J connectivity index is 1.42. The van der Waals surface area contributed by atoms with Crippen LogP contribution < -0.4 is 4.74 Å². The number of hydrogen-bond donors (Lipinski definition) is 1. The molecule has 3 heterocycles. The molecule has 1 N–H and O–H groups in total. The molecule has 1 fully saturated rings. The van der Waals surface area contributed by atoms with Gasteiger partial charge in [-0.05, 0) is 49.2 Å². The third kappa shape index (κ3) is 5.03.